The van der Waals surface area contributed by atoms with E-state index in [9.17, 15) is 9.59 Å². The first-order valence-corrected chi connectivity index (χ1v) is 9.09. The summed E-state index contributed by atoms with van der Waals surface area (Å²) in [6.07, 6.45) is 5.17. The summed E-state index contributed by atoms with van der Waals surface area (Å²) in [5, 5.41) is 4.03. The molecule has 2 saturated heterocycles. The van der Waals surface area contributed by atoms with Gasteiger partial charge in [0, 0.05) is 44.3 Å². The van der Waals surface area contributed by atoms with E-state index in [0.29, 0.717) is 19.5 Å². The quantitative estimate of drug-likeness (QED) is 0.895. The maximum Gasteiger partial charge on any atom is 0.317 e. The summed E-state index contributed by atoms with van der Waals surface area (Å²) in [6.45, 7) is 2.94. The lowest BCUT2D eigenvalue weighted by molar-refractivity contribution is -0.133. The van der Waals surface area contributed by atoms with Crippen LogP contribution in [-0.2, 0) is 11.2 Å². The molecule has 2 fully saturated rings. The Morgan fingerprint density at radius 2 is 2.16 bits per heavy atom. The third-order valence-corrected chi connectivity index (χ3v) is 5.33. The zero-order chi connectivity index (χ0) is 17.2. The summed E-state index contributed by atoms with van der Waals surface area (Å²) in [4.78, 5) is 31.5. The number of aromatic nitrogens is 1. The van der Waals surface area contributed by atoms with Crippen LogP contribution in [0.5, 0.6) is 0 Å². The highest BCUT2D eigenvalue weighted by atomic mass is 16.2. The lowest BCUT2D eigenvalue weighted by Crippen LogP contribution is -2.50. The van der Waals surface area contributed by atoms with Gasteiger partial charge in [0.25, 0.3) is 0 Å². The van der Waals surface area contributed by atoms with Crippen molar-refractivity contribution in [3.8, 4) is 0 Å². The molecule has 1 aromatic heterocycles. The predicted molar refractivity (Wildman–Crippen MR) is 96.3 cm³/mol. The van der Waals surface area contributed by atoms with Crippen molar-refractivity contribution >= 4 is 22.8 Å². The molecular weight excluding hydrogens is 316 g/mol. The molecule has 0 bridgehead atoms. The van der Waals surface area contributed by atoms with Gasteiger partial charge in [-0.25, -0.2) is 4.79 Å². The van der Waals surface area contributed by atoms with Gasteiger partial charge in [-0.1, -0.05) is 6.07 Å². The number of aromatic amines is 1. The van der Waals surface area contributed by atoms with Crippen LogP contribution in [0.15, 0.2) is 30.5 Å². The average Bonchev–Trinajstić information content (AvgIpc) is 3.27. The molecule has 0 radical (unpaired) electrons. The Kier molecular flexibility index (Phi) is 4.34. The van der Waals surface area contributed by atoms with Crippen LogP contribution in [0.4, 0.5) is 4.79 Å². The maximum atomic E-state index is 12.6. The number of urea groups is 1. The largest absolute Gasteiger partial charge is 0.361 e. The van der Waals surface area contributed by atoms with Crippen LogP contribution in [0.1, 0.15) is 24.8 Å². The number of hydrogen-bond acceptors (Lipinski definition) is 2. The van der Waals surface area contributed by atoms with Crippen molar-refractivity contribution in [2.45, 2.75) is 31.7 Å². The molecular formula is C19H24N4O2. The molecule has 3 heterocycles. The van der Waals surface area contributed by atoms with E-state index in [2.05, 4.69) is 34.6 Å². The summed E-state index contributed by atoms with van der Waals surface area (Å²) >= 11 is 0. The van der Waals surface area contributed by atoms with E-state index < -0.39 is 0 Å². The minimum absolute atomic E-state index is 0.0131. The van der Waals surface area contributed by atoms with Crippen LogP contribution in [0.3, 0.4) is 0 Å². The number of hydrogen-bond donors (Lipinski definition) is 2. The van der Waals surface area contributed by atoms with Crippen molar-refractivity contribution in [1.82, 2.24) is 20.1 Å². The van der Waals surface area contributed by atoms with Crippen molar-refractivity contribution in [1.29, 1.82) is 0 Å². The van der Waals surface area contributed by atoms with Gasteiger partial charge in [-0.05, 0) is 48.4 Å². The van der Waals surface area contributed by atoms with Gasteiger partial charge in [-0.3, -0.25) is 4.79 Å². The van der Waals surface area contributed by atoms with Gasteiger partial charge in [-0.2, -0.15) is 0 Å². The molecule has 0 spiro atoms. The molecule has 2 aliphatic heterocycles. The van der Waals surface area contributed by atoms with Crippen LogP contribution in [0.2, 0.25) is 0 Å². The van der Waals surface area contributed by atoms with Crippen molar-refractivity contribution in [2.75, 3.05) is 26.2 Å². The van der Waals surface area contributed by atoms with Gasteiger partial charge in [0.05, 0.1) is 6.04 Å². The monoisotopic (exact) mass is 340 g/mol. The Labute approximate surface area is 147 Å². The molecule has 2 aromatic rings. The van der Waals surface area contributed by atoms with Crippen molar-refractivity contribution in [2.24, 2.45) is 0 Å². The number of amides is 3. The number of H-pyrrole nitrogens is 1. The third kappa shape index (κ3) is 3.34. The zero-order valence-corrected chi connectivity index (χ0v) is 14.3. The number of carbonyl (C=O) groups excluding carboxylic acids is 2. The summed E-state index contributed by atoms with van der Waals surface area (Å²) in [5.74, 6) is 0.193. The first-order chi connectivity index (χ1) is 12.2. The molecule has 6 nitrogen and oxygen atoms in total. The number of rotatable bonds is 4. The number of benzene rings is 1. The third-order valence-electron chi connectivity index (χ3n) is 5.33. The topological polar surface area (TPSA) is 68.4 Å². The summed E-state index contributed by atoms with van der Waals surface area (Å²) in [6, 6.07) is 8.53. The van der Waals surface area contributed by atoms with E-state index in [1.807, 2.05) is 16.0 Å². The van der Waals surface area contributed by atoms with Gasteiger partial charge >= 0.3 is 6.03 Å². The van der Waals surface area contributed by atoms with Crippen LogP contribution in [0, 0.1) is 0 Å². The van der Waals surface area contributed by atoms with E-state index in [1.165, 1.54) is 10.9 Å². The van der Waals surface area contributed by atoms with Gasteiger partial charge in [-0.15, -0.1) is 0 Å². The fraction of sp³-hybridized carbons (Fsp3) is 0.474. The summed E-state index contributed by atoms with van der Waals surface area (Å²) < 4.78 is 0. The van der Waals surface area contributed by atoms with Gasteiger partial charge < -0.3 is 20.1 Å². The minimum Gasteiger partial charge on any atom is -0.361 e. The van der Waals surface area contributed by atoms with Crippen LogP contribution in [0.25, 0.3) is 10.9 Å². The number of carbonyl (C=O) groups is 2. The smallest absolute Gasteiger partial charge is 0.317 e. The highest BCUT2D eigenvalue weighted by Gasteiger charge is 2.32. The molecule has 0 aliphatic carbocycles. The lowest BCUT2D eigenvalue weighted by atomic mass is 10.0. The van der Waals surface area contributed by atoms with Crippen LogP contribution in [-0.4, -0.2) is 58.9 Å². The molecule has 2 aliphatic rings. The Hall–Kier alpha value is -2.50. The summed E-state index contributed by atoms with van der Waals surface area (Å²) in [7, 11) is 0. The zero-order valence-electron chi connectivity index (χ0n) is 14.3. The Balaban J connectivity index is 1.34. The van der Waals surface area contributed by atoms with Crippen molar-refractivity contribution in [3.63, 3.8) is 0 Å². The van der Waals surface area contributed by atoms with E-state index in [1.54, 1.807) is 0 Å². The van der Waals surface area contributed by atoms with Crippen LogP contribution >= 0.6 is 0 Å². The van der Waals surface area contributed by atoms with E-state index >= 15 is 0 Å². The van der Waals surface area contributed by atoms with Gasteiger partial charge in [0.2, 0.25) is 5.91 Å². The highest BCUT2D eigenvalue weighted by molar-refractivity contribution is 5.81. The number of aryl methyl sites for hydroxylation is 1. The van der Waals surface area contributed by atoms with Crippen molar-refractivity contribution in [3.05, 3.63) is 36.0 Å². The van der Waals surface area contributed by atoms with Gasteiger partial charge in [0.1, 0.15) is 0 Å². The molecule has 3 amide bonds. The molecule has 6 heteroatoms. The number of piperidine rings is 1. The van der Waals surface area contributed by atoms with Crippen molar-refractivity contribution < 1.29 is 9.59 Å². The van der Waals surface area contributed by atoms with E-state index in [0.717, 1.165) is 37.9 Å². The molecule has 132 valence electrons. The summed E-state index contributed by atoms with van der Waals surface area (Å²) in [5.41, 5.74) is 2.31. The molecule has 2 N–H and O–H groups in total. The molecule has 25 heavy (non-hydrogen) atoms. The second-order valence-electron chi connectivity index (χ2n) is 6.96. The Bertz CT molecular complexity index is 785. The molecule has 4 rings (SSSR count). The number of nitrogens with one attached hydrogen (secondary N) is 2. The molecule has 1 atom stereocenters. The molecule has 1 aromatic carbocycles. The number of fused-ring (bicyclic) bond motifs is 1. The first kappa shape index (κ1) is 16.0. The second kappa shape index (κ2) is 6.78. The average molecular weight is 340 g/mol. The number of nitrogens with zero attached hydrogens (tertiary/aromatic N) is 2. The van der Waals surface area contributed by atoms with Gasteiger partial charge in [0.15, 0.2) is 0 Å². The molecule has 1 unspecified atom stereocenters. The lowest BCUT2D eigenvalue weighted by Gasteiger charge is -2.37. The second-order valence-corrected chi connectivity index (χ2v) is 6.96. The maximum absolute atomic E-state index is 12.6. The standard InChI is InChI=1S/C19H24N4O2/c24-18(6-4-14-3-5-17-15(12-14)7-8-20-17)22-10-1-2-16(13-22)23-11-9-21-19(23)25/h3,5,7-8,12,16,20H,1-2,4,6,9-11,13H2,(H,21,25). The normalized spacial score (nSPS) is 21.0. The van der Waals surface area contributed by atoms with Crippen LogP contribution < -0.4 is 5.32 Å². The van der Waals surface area contributed by atoms with E-state index in [-0.39, 0.29) is 18.0 Å². The molecule has 0 saturated carbocycles. The predicted octanol–water partition coefficient (Wildman–Crippen LogP) is 2.12. The fourth-order valence-electron chi connectivity index (χ4n) is 3.94. The fourth-order valence-corrected chi connectivity index (χ4v) is 3.94. The highest BCUT2D eigenvalue weighted by Crippen LogP contribution is 2.20. The Morgan fingerprint density at radius 3 is 3.00 bits per heavy atom. The number of likely N-dealkylation sites (tertiary alicyclic amines) is 1. The SMILES string of the molecule is O=C(CCc1ccc2[nH]ccc2c1)N1CCCC(N2CCNC2=O)C1. The first-order valence-electron chi connectivity index (χ1n) is 9.09. The minimum atomic E-state index is 0.0131. The van der Waals surface area contributed by atoms with E-state index in [4.69, 9.17) is 0 Å². The Morgan fingerprint density at radius 1 is 1.24 bits per heavy atom.